The summed E-state index contributed by atoms with van der Waals surface area (Å²) in [6, 6.07) is 13.6. The highest BCUT2D eigenvalue weighted by molar-refractivity contribution is 5.95. The monoisotopic (exact) mass is 516 g/mol. The van der Waals surface area contributed by atoms with Crippen LogP contribution in [0.5, 0.6) is 0 Å². The highest BCUT2D eigenvalue weighted by Gasteiger charge is 2.21. The maximum absolute atomic E-state index is 12.3. The molecular weight excluding hydrogens is 488 g/mol. The first-order chi connectivity index (χ1) is 17.5. The lowest BCUT2D eigenvalue weighted by Crippen LogP contribution is -2.45. The van der Waals surface area contributed by atoms with Crippen molar-refractivity contribution >= 4 is 34.3 Å². The second-order valence-corrected chi connectivity index (χ2v) is 9.61. The van der Waals surface area contributed by atoms with E-state index in [1.807, 2.05) is 62.8 Å². The molecule has 0 aliphatic carbocycles. The lowest BCUT2D eigenvalue weighted by atomic mass is 10.1. The average Bonchev–Trinajstić information content (AvgIpc) is 3.33. The summed E-state index contributed by atoms with van der Waals surface area (Å²) in [5, 5.41) is 1.90. The Bertz CT molecular complexity index is 1600. The van der Waals surface area contributed by atoms with E-state index in [-0.39, 0.29) is 18.0 Å². The van der Waals surface area contributed by atoms with E-state index < -0.39 is 0 Å². The number of hydrogen-bond acceptors (Lipinski definition) is 7. The Balaban J connectivity index is 0.00000280. The minimum Gasteiger partial charge on any atom is -0.454 e. The van der Waals surface area contributed by atoms with E-state index in [2.05, 4.69) is 25.8 Å². The van der Waals surface area contributed by atoms with Crippen LogP contribution in [0.3, 0.4) is 0 Å². The number of benzene rings is 1. The number of aryl methyl sites for hydroxylation is 2. The molecule has 190 valence electrons. The third-order valence-corrected chi connectivity index (χ3v) is 6.97. The molecule has 1 saturated heterocycles. The van der Waals surface area contributed by atoms with Crippen LogP contribution in [0, 0.1) is 13.8 Å². The van der Waals surface area contributed by atoms with Crippen molar-refractivity contribution in [2.75, 3.05) is 26.2 Å². The number of nitrogens with zero attached hydrogens (tertiary/aromatic N) is 4. The summed E-state index contributed by atoms with van der Waals surface area (Å²) in [7, 11) is 0. The molecule has 8 heteroatoms. The molecule has 4 aromatic heterocycles. The minimum absolute atomic E-state index is 0. The molecule has 1 aliphatic heterocycles. The zero-order valence-electron chi connectivity index (χ0n) is 20.9. The fourth-order valence-electron chi connectivity index (χ4n) is 5.03. The molecule has 7 nitrogen and oxygen atoms in total. The summed E-state index contributed by atoms with van der Waals surface area (Å²) in [6.07, 6.45) is 5.72. The topological polar surface area (TPSA) is 75.6 Å². The quantitative estimate of drug-likeness (QED) is 0.291. The number of piperazine rings is 1. The first-order valence-corrected chi connectivity index (χ1v) is 12.3. The highest BCUT2D eigenvalue weighted by Crippen LogP contribution is 2.35. The molecule has 0 saturated carbocycles. The van der Waals surface area contributed by atoms with Crippen molar-refractivity contribution in [1.82, 2.24) is 19.8 Å². The Morgan fingerprint density at radius 2 is 1.68 bits per heavy atom. The van der Waals surface area contributed by atoms with Crippen LogP contribution in [0.25, 0.3) is 33.3 Å². The molecule has 1 aliphatic rings. The maximum Gasteiger partial charge on any atom is 0.336 e. The number of halogens is 1. The molecule has 0 atom stereocenters. The summed E-state index contributed by atoms with van der Waals surface area (Å²) < 4.78 is 11.8. The molecule has 1 aromatic carbocycles. The molecule has 0 spiro atoms. The van der Waals surface area contributed by atoms with Crippen molar-refractivity contribution in [2.45, 2.75) is 26.9 Å². The summed E-state index contributed by atoms with van der Waals surface area (Å²) in [5.41, 5.74) is 5.95. The number of aromatic nitrogens is 2. The molecule has 0 unspecified atom stereocenters. The van der Waals surface area contributed by atoms with E-state index in [4.69, 9.17) is 8.83 Å². The summed E-state index contributed by atoms with van der Waals surface area (Å²) in [4.78, 5) is 26.1. The smallest absolute Gasteiger partial charge is 0.336 e. The molecule has 0 amide bonds. The minimum atomic E-state index is -0.386. The van der Waals surface area contributed by atoms with E-state index >= 15 is 0 Å². The second-order valence-electron chi connectivity index (χ2n) is 9.61. The molecule has 5 heterocycles. The zero-order valence-corrected chi connectivity index (χ0v) is 21.8. The van der Waals surface area contributed by atoms with Crippen LogP contribution >= 0.6 is 12.4 Å². The molecule has 37 heavy (non-hydrogen) atoms. The van der Waals surface area contributed by atoms with Crippen LogP contribution in [-0.2, 0) is 13.1 Å². The van der Waals surface area contributed by atoms with Crippen molar-refractivity contribution in [3.63, 3.8) is 0 Å². The van der Waals surface area contributed by atoms with Crippen molar-refractivity contribution in [1.29, 1.82) is 0 Å². The van der Waals surface area contributed by atoms with Crippen LogP contribution in [0.4, 0.5) is 0 Å². The average molecular weight is 517 g/mol. The molecular formula is C29H29ClN4O3. The van der Waals surface area contributed by atoms with Gasteiger partial charge in [-0.3, -0.25) is 19.8 Å². The van der Waals surface area contributed by atoms with Gasteiger partial charge in [0.1, 0.15) is 11.3 Å². The van der Waals surface area contributed by atoms with Gasteiger partial charge in [-0.25, -0.2) is 4.79 Å². The van der Waals surface area contributed by atoms with Crippen LogP contribution in [0.2, 0.25) is 0 Å². The molecule has 1 fully saturated rings. The van der Waals surface area contributed by atoms with Crippen LogP contribution in [0.1, 0.15) is 22.4 Å². The standard InChI is InChI=1S/C29H28N4O3.ClH/c1-19-5-6-23-25(14-28(34)35-26(23)12-19)27-13-24-22(16-31-20(2)29(24)36-27)18-33-10-8-32(9-11-33)17-21-4-3-7-30-15-21;/h3-7,12-16H,8-11,17-18H2,1-2H3;1H. The van der Waals surface area contributed by atoms with Gasteiger partial charge < -0.3 is 8.83 Å². The summed E-state index contributed by atoms with van der Waals surface area (Å²) >= 11 is 0. The van der Waals surface area contributed by atoms with Gasteiger partial charge in [-0.2, -0.15) is 0 Å². The molecule has 0 radical (unpaired) electrons. The number of pyridine rings is 2. The first-order valence-electron chi connectivity index (χ1n) is 12.3. The van der Waals surface area contributed by atoms with Gasteiger partial charge in [-0.15, -0.1) is 12.4 Å². The van der Waals surface area contributed by atoms with E-state index in [9.17, 15) is 4.79 Å². The van der Waals surface area contributed by atoms with Crippen LogP contribution < -0.4 is 5.63 Å². The maximum atomic E-state index is 12.3. The van der Waals surface area contributed by atoms with Gasteiger partial charge in [0.05, 0.1) is 5.69 Å². The van der Waals surface area contributed by atoms with Crippen molar-refractivity contribution in [3.8, 4) is 11.3 Å². The van der Waals surface area contributed by atoms with Gasteiger partial charge in [-0.05, 0) is 48.7 Å². The SMILES string of the molecule is Cc1ccc2c(-c3cc4c(CN5CCN(Cc6cccnc6)CC5)cnc(C)c4o3)cc(=O)oc2c1.Cl. The van der Waals surface area contributed by atoms with Crippen molar-refractivity contribution in [2.24, 2.45) is 0 Å². The predicted molar refractivity (Wildman–Crippen MR) is 147 cm³/mol. The normalized spacial score (nSPS) is 14.8. The Morgan fingerprint density at radius 3 is 2.43 bits per heavy atom. The van der Waals surface area contributed by atoms with Crippen molar-refractivity contribution < 1.29 is 8.83 Å². The second kappa shape index (κ2) is 10.5. The van der Waals surface area contributed by atoms with E-state index in [1.54, 1.807) is 0 Å². The van der Waals surface area contributed by atoms with Gasteiger partial charge in [-0.1, -0.05) is 18.2 Å². The Morgan fingerprint density at radius 1 is 0.892 bits per heavy atom. The fourth-order valence-corrected chi connectivity index (χ4v) is 5.03. The summed E-state index contributed by atoms with van der Waals surface area (Å²) in [6.45, 7) is 9.68. The fraction of sp³-hybridized carbons (Fsp3) is 0.276. The van der Waals surface area contributed by atoms with Gasteiger partial charge in [0.15, 0.2) is 5.58 Å². The van der Waals surface area contributed by atoms with Crippen molar-refractivity contribution in [3.05, 3.63) is 93.9 Å². The molecule has 0 N–H and O–H groups in total. The van der Waals surface area contributed by atoms with Gasteiger partial charge >= 0.3 is 5.63 Å². The van der Waals surface area contributed by atoms with Crippen LogP contribution in [0.15, 0.2) is 74.7 Å². The number of hydrogen-bond donors (Lipinski definition) is 0. The Kier molecular flexibility index (Phi) is 7.11. The molecule has 5 aromatic rings. The first kappa shape index (κ1) is 25.1. The Hall–Kier alpha value is -3.52. The van der Waals surface area contributed by atoms with E-state index in [1.165, 1.54) is 11.6 Å². The lowest BCUT2D eigenvalue weighted by molar-refractivity contribution is 0.122. The summed E-state index contributed by atoms with van der Waals surface area (Å²) in [5.74, 6) is 0.658. The highest BCUT2D eigenvalue weighted by atomic mass is 35.5. The van der Waals surface area contributed by atoms with Gasteiger partial charge in [0.2, 0.25) is 0 Å². The van der Waals surface area contributed by atoms with E-state index in [0.29, 0.717) is 11.3 Å². The molecule has 6 rings (SSSR count). The van der Waals surface area contributed by atoms with Crippen LogP contribution in [-0.4, -0.2) is 45.9 Å². The number of furan rings is 1. The number of rotatable bonds is 5. The van der Waals surface area contributed by atoms with Gasteiger partial charge in [0.25, 0.3) is 0 Å². The number of fused-ring (bicyclic) bond motifs is 2. The third-order valence-electron chi connectivity index (χ3n) is 6.97. The molecule has 0 bridgehead atoms. The Labute approximate surface area is 221 Å². The third kappa shape index (κ3) is 5.16. The van der Waals surface area contributed by atoms with E-state index in [0.717, 1.165) is 78.0 Å². The zero-order chi connectivity index (χ0) is 24.6. The predicted octanol–water partition coefficient (Wildman–Crippen LogP) is 5.35. The van der Waals surface area contributed by atoms with Gasteiger partial charge in [0, 0.05) is 80.3 Å². The lowest BCUT2D eigenvalue weighted by Gasteiger charge is -2.34. The largest absolute Gasteiger partial charge is 0.454 e.